The Hall–Kier alpha value is -1.89. The van der Waals surface area contributed by atoms with Crippen LogP contribution in [-0.2, 0) is 17.5 Å². The van der Waals surface area contributed by atoms with E-state index in [2.05, 4.69) is 5.10 Å². The average molecular weight is 343 g/mol. The number of carbonyl (C=O) groups excluding carboxylic acids is 1. The first-order valence-electron chi connectivity index (χ1n) is 7.80. The van der Waals surface area contributed by atoms with Gasteiger partial charge in [-0.25, -0.2) is 0 Å². The van der Waals surface area contributed by atoms with Gasteiger partial charge in [-0.1, -0.05) is 19.1 Å². The Kier molecular flexibility index (Phi) is 6.54. The standard InChI is InChI=1S/C17H24F3N3O/c1-5-7-9-12(14(24)8-6-2)13-10-15(17(18,19)20)22-23(13)11-16(3,4)21/h5,7,9-10H,6,8,11,21H2,1-4H3/b7-5-,12-9-. The summed E-state index contributed by atoms with van der Waals surface area (Å²) in [6, 6.07) is 0.911. The van der Waals surface area contributed by atoms with Crippen LogP contribution in [-0.4, -0.2) is 21.1 Å². The monoisotopic (exact) mass is 343 g/mol. The van der Waals surface area contributed by atoms with Gasteiger partial charge in [0, 0.05) is 17.5 Å². The van der Waals surface area contributed by atoms with Crippen LogP contribution in [0.15, 0.2) is 24.3 Å². The van der Waals surface area contributed by atoms with Crippen LogP contribution in [0.1, 0.15) is 51.9 Å². The molecule has 4 nitrogen and oxygen atoms in total. The second kappa shape index (κ2) is 7.79. The van der Waals surface area contributed by atoms with Crippen molar-refractivity contribution < 1.29 is 18.0 Å². The summed E-state index contributed by atoms with van der Waals surface area (Å²) in [6.45, 7) is 7.04. The van der Waals surface area contributed by atoms with Crippen molar-refractivity contribution in [3.05, 3.63) is 35.7 Å². The smallest absolute Gasteiger partial charge is 0.324 e. The highest BCUT2D eigenvalue weighted by molar-refractivity contribution is 6.20. The van der Waals surface area contributed by atoms with E-state index in [9.17, 15) is 18.0 Å². The molecular weight excluding hydrogens is 319 g/mol. The number of halogens is 3. The molecule has 1 heterocycles. The topological polar surface area (TPSA) is 60.9 Å². The summed E-state index contributed by atoms with van der Waals surface area (Å²) in [6.07, 6.45) is 1.13. The van der Waals surface area contributed by atoms with Gasteiger partial charge in [-0.15, -0.1) is 0 Å². The fraction of sp³-hybridized carbons (Fsp3) is 0.529. The second-order valence-electron chi connectivity index (χ2n) is 6.34. The number of Topliss-reactive ketones (excluding diaryl/α,β-unsaturated/α-hetero) is 1. The van der Waals surface area contributed by atoms with Gasteiger partial charge in [0.1, 0.15) is 0 Å². The molecule has 1 rings (SSSR count). The van der Waals surface area contributed by atoms with Crippen LogP contribution in [0.4, 0.5) is 13.2 Å². The number of alkyl halides is 3. The Labute approximate surface area is 140 Å². The molecule has 0 saturated heterocycles. The van der Waals surface area contributed by atoms with Gasteiger partial charge in [-0.3, -0.25) is 9.48 Å². The molecule has 0 saturated carbocycles. The van der Waals surface area contributed by atoms with Crippen LogP contribution in [0, 0.1) is 0 Å². The normalized spacial score (nSPS) is 13.8. The third kappa shape index (κ3) is 5.63. The molecular formula is C17H24F3N3O. The van der Waals surface area contributed by atoms with E-state index in [0.717, 1.165) is 6.07 Å². The minimum absolute atomic E-state index is 0.0605. The second-order valence-corrected chi connectivity index (χ2v) is 6.34. The number of rotatable bonds is 7. The molecule has 0 amide bonds. The van der Waals surface area contributed by atoms with Crippen molar-refractivity contribution in [1.29, 1.82) is 0 Å². The Bertz CT molecular complexity index is 634. The maximum atomic E-state index is 13.1. The fourth-order valence-electron chi connectivity index (χ4n) is 2.15. The van der Waals surface area contributed by atoms with E-state index in [1.54, 1.807) is 32.9 Å². The van der Waals surface area contributed by atoms with Gasteiger partial charge >= 0.3 is 6.18 Å². The summed E-state index contributed by atoms with van der Waals surface area (Å²) in [5, 5.41) is 3.63. The van der Waals surface area contributed by atoms with Crippen molar-refractivity contribution in [3.63, 3.8) is 0 Å². The number of ketones is 1. The lowest BCUT2D eigenvalue weighted by atomic mass is 10.0. The van der Waals surface area contributed by atoms with Crippen LogP contribution in [0.3, 0.4) is 0 Å². The minimum Gasteiger partial charge on any atom is -0.324 e. The van der Waals surface area contributed by atoms with E-state index < -0.39 is 17.4 Å². The largest absolute Gasteiger partial charge is 0.435 e. The zero-order valence-electron chi connectivity index (χ0n) is 14.4. The Morgan fingerprint density at radius 1 is 1.38 bits per heavy atom. The fourth-order valence-corrected chi connectivity index (χ4v) is 2.15. The summed E-state index contributed by atoms with van der Waals surface area (Å²) >= 11 is 0. The van der Waals surface area contributed by atoms with Crippen molar-refractivity contribution in [3.8, 4) is 0 Å². The number of hydrogen-bond acceptors (Lipinski definition) is 3. The summed E-state index contributed by atoms with van der Waals surface area (Å²) in [5.74, 6) is -0.222. The van der Waals surface area contributed by atoms with E-state index >= 15 is 0 Å². The predicted molar refractivity (Wildman–Crippen MR) is 88.2 cm³/mol. The third-order valence-electron chi connectivity index (χ3n) is 3.14. The van der Waals surface area contributed by atoms with E-state index in [1.807, 2.05) is 6.92 Å². The predicted octanol–water partition coefficient (Wildman–Crippen LogP) is 3.97. The molecule has 2 N–H and O–H groups in total. The lowest BCUT2D eigenvalue weighted by Crippen LogP contribution is -2.38. The number of aromatic nitrogens is 2. The summed E-state index contributed by atoms with van der Waals surface area (Å²) in [5.41, 5.74) is 4.47. The first-order chi connectivity index (χ1) is 11.0. The summed E-state index contributed by atoms with van der Waals surface area (Å²) in [7, 11) is 0. The van der Waals surface area contributed by atoms with Crippen LogP contribution < -0.4 is 5.73 Å². The third-order valence-corrected chi connectivity index (χ3v) is 3.14. The van der Waals surface area contributed by atoms with Crippen molar-refractivity contribution in [2.75, 3.05) is 0 Å². The summed E-state index contributed by atoms with van der Waals surface area (Å²) < 4.78 is 40.3. The highest BCUT2D eigenvalue weighted by Gasteiger charge is 2.36. The van der Waals surface area contributed by atoms with Crippen LogP contribution >= 0.6 is 0 Å². The Morgan fingerprint density at radius 3 is 2.46 bits per heavy atom. The minimum atomic E-state index is -4.59. The van der Waals surface area contributed by atoms with E-state index in [0.29, 0.717) is 6.42 Å². The molecule has 0 bridgehead atoms. The van der Waals surface area contributed by atoms with Gasteiger partial charge in [0.15, 0.2) is 11.5 Å². The Balaban J connectivity index is 3.49. The van der Waals surface area contributed by atoms with Gasteiger partial charge in [-0.2, -0.15) is 18.3 Å². The first-order valence-corrected chi connectivity index (χ1v) is 7.80. The van der Waals surface area contributed by atoms with E-state index in [4.69, 9.17) is 5.73 Å². The maximum Gasteiger partial charge on any atom is 0.435 e. The highest BCUT2D eigenvalue weighted by atomic mass is 19.4. The van der Waals surface area contributed by atoms with Crippen LogP contribution in [0.25, 0.3) is 5.57 Å². The highest BCUT2D eigenvalue weighted by Crippen LogP contribution is 2.31. The maximum absolute atomic E-state index is 13.1. The van der Waals surface area contributed by atoms with Crippen LogP contribution in [0.2, 0.25) is 0 Å². The van der Waals surface area contributed by atoms with Gasteiger partial charge in [0.2, 0.25) is 0 Å². The molecule has 0 aliphatic rings. The van der Waals surface area contributed by atoms with Crippen molar-refractivity contribution in [2.24, 2.45) is 5.73 Å². The molecule has 0 spiro atoms. The van der Waals surface area contributed by atoms with Gasteiger partial charge in [0.25, 0.3) is 0 Å². The van der Waals surface area contributed by atoms with Gasteiger partial charge in [0.05, 0.1) is 12.2 Å². The molecule has 24 heavy (non-hydrogen) atoms. The SMILES string of the molecule is C/C=C\C=C(/C(=O)CCC)c1cc(C(F)(F)F)nn1CC(C)(C)N. The molecule has 0 aromatic carbocycles. The molecule has 1 aromatic rings. The molecule has 1 aromatic heterocycles. The van der Waals surface area contributed by atoms with Gasteiger partial charge in [-0.05, 0) is 39.3 Å². The molecule has 134 valence electrons. The lowest BCUT2D eigenvalue weighted by Gasteiger charge is -2.20. The Morgan fingerprint density at radius 2 is 2.00 bits per heavy atom. The molecule has 0 fully saturated rings. The average Bonchev–Trinajstić information content (AvgIpc) is 2.81. The molecule has 0 atom stereocenters. The zero-order valence-corrected chi connectivity index (χ0v) is 14.4. The first kappa shape index (κ1) is 20.2. The van der Waals surface area contributed by atoms with Crippen molar-refractivity contribution in [1.82, 2.24) is 9.78 Å². The van der Waals surface area contributed by atoms with Crippen molar-refractivity contribution in [2.45, 2.75) is 58.8 Å². The molecule has 0 aliphatic carbocycles. The molecule has 0 radical (unpaired) electrons. The summed E-state index contributed by atoms with van der Waals surface area (Å²) in [4.78, 5) is 12.4. The van der Waals surface area contributed by atoms with Gasteiger partial charge < -0.3 is 5.73 Å². The number of allylic oxidation sites excluding steroid dienone is 4. The zero-order chi connectivity index (χ0) is 18.5. The molecule has 0 unspecified atom stereocenters. The number of carbonyl (C=O) groups is 1. The number of nitrogens with two attached hydrogens (primary N) is 1. The van der Waals surface area contributed by atoms with Crippen molar-refractivity contribution >= 4 is 11.4 Å². The van der Waals surface area contributed by atoms with E-state index in [-0.39, 0.29) is 30.0 Å². The lowest BCUT2D eigenvalue weighted by molar-refractivity contribution is -0.141. The molecule has 0 aliphatic heterocycles. The van der Waals surface area contributed by atoms with E-state index in [1.165, 1.54) is 10.8 Å². The number of nitrogens with zero attached hydrogens (tertiary/aromatic N) is 2. The number of hydrogen-bond donors (Lipinski definition) is 1. The van der Waals surface area contributed by atoms with Crippen LogP contribution in [0.5, 0.6) is 0 Å². The molecule has 7 heteroatoms. The quantitative estimate of drug-likeness (QED) is 0.602.